The highest BCUT2D eigenvalue weighted by Gasteiger charge is 2.14. The van der Waals surface area contributed by atoms with Crippen LogP contribution in [0.5, 0.6) is 0 Å². The van der Waals surface area contributed by atoms with Gasteiger partial charge in [-0.2, -0.15) is 0 Å². The predicted molar refractivity (Wildman–Crippen MR) is 80.9 cm³/mol. The van der Waals surface area contributed by atoms with Crippen LogP contribution in [0.4, 0.5) is 10.2 Å². The van der Waals surface area contributed by atoms with E-state index in [1.807, 2.05) is 23.4 Å². The van der Waals surface area contributed by atoms with Crippen LogP contribution in [-0.2, 0) is 6.54 Å². The molecule has 3 nitrogen and oxygen atoms in total. The molecular formula is C14H11ClFN3S. The summed E-state index contributed by atoms with van der Waals surface area (Å²) in [6, 6.07) is 6.67. The van der Waals surface area contributed by atoms with Gasteiger partial charge in [-0.05, 0) is 23.6 Å². The van der Waals surface area contributed by atoms with Crippen molar-refractivity contribution in [3.63, 3.8) is 0 Å². The van der Waals surface area contributed by atoms with Crippen molar-refractivity contribution in [3.8, 4) is 0 Å². The van der Waals surface area contributed by atoms with Crippen LogP contribution >= 0.6 is 22.9 Å². The van der Waals surface area contributed by atoms with Crippen LogP contribution in [-0.4, -0.2) is 17.0 Å². The third-order valence-electron chi connectivity index (χ3n) is 3.06. The number of fused-ring (bicyclic) bond motifs is 1. The summed E-state index contributed by atoms with van der Waals surface area (Å²) in [6.45, 7) is 0.355. The number of aromatic nitrogens is 2. The Kier molecular flexibility index (Phi) is 3.54. The van der Waals surface area contributed by atoms with E-state index >= 15 is 0 Å². The van der Waals surface area contributed by atoms with E-state index in [4.69, 9.17) is 11.6 Å². The van der Waals surface area contributed by atoms with Gasteiger partial charge in [-0.3, -0.25) is 0 Å². The molecule has 0 aliphatic heterocycles. The summed E-state index contributed by atoms with van der Waals surface area (Å²) in [5.41, 5.74) is 0.471. The molecule has 0 N–H and O–H groups in total. The zero-order valence-electron chi connectivity index (χ0n) is 10.7. The van der Waals surface area contributed by atoms with Gasteiger partial charge in [0.25, 0.3) is 0 Å². The molecule has 6 heteroatoms. The first-order chi connectivity index (χ1) is 9.66. The summed E-state index contributed by atoms with van der Waals surface area (Å²) in [6.07, 6.45) is 1.52. The van der Waals surface area contributed by atoms with Gasteiger partial charge in [-0.1, -0.05) is 17.7 Å². The molecule has 0 spiro atoms. The number of rotatable bonds is 3. The maximum absolute atomic E-state index is 13.8. The highest BCUT2D eigenvalue weighted by Crippen LogP contribution is 2.28. The van der Waals surface area contributed by atoms with Gasteiger partial charge in [0, 0.05) is 24.2 Å². The van der Waals surface area contributed by atoms with Crippen molar-refractivity contribution in [2.75, 3.05) is 11.9 Å². The summed E-state index contributed by atoms with van der Waals surface area (Å²) in [5.74, 6) is 0.468. The molecule has 0 saturated carbocycles. The lowest BCUT2D eigenvalue weighted by Gasteiger charge is -2.19. The molecule has 0 atom stereocenters. The number of anilines is 1. The minimum Gasteiger partial charge on any atom is -0.355 e. The molecule has 1 aromatic carbocycles. The Labute approximate surface area is 124 Å². The van der Waals surface area contributed by atoms with Gasteiger partial charge in [-0.25, -0.2) is 14.4 Å². The molecule has 2 heterocycles. The van der Waals surface area contributed by atoms with Crippen molar-refractivity contribution >= 4 is 39.0 Å². The molecular weight excluding hydrogens is 297 g/mol. The van der Waals surface area contributed by atoms with E-state index < -0.39 is 0 Å². The van der Waals surface area contributed by atoms with E-state index in [0.29, 0.717) is 17.1 Å². The molecule has 102 valence electrons. The zero-order valence-corrected chi connectivity index (χ0v) is 12.2. The second kappa shape index (κ2) is 5.34. The number of nitrogens with zero attached hydrogens (tertiary/aromatic N) is 3. The Morgan fingerprint density at radius 2 is 2.15 bits per heavy atom. The normalized spacial score (nSPS) is 10.9. The minimum atomic E-state index is -0.306. The van der Waals surface area contributed by atoms with Gasteiger partial charge in [0.2, 0.25) is 0 Å². The first-order valence-corrected chi connectivity index (χ1v) is 7.25. The van der Waals surface area contributed by atoms with Crippen LogP contribution in [0.15, 0.2) is 36.0 Å². The van der Waals surface area contributed by atoms with Crippen molar-refractivity contribution in [2.24, 2.45) is 0 Å². The molecule has 2 aromatic heterocycles. The standard InChI is InChI=1S/C14H11ClFN3S/c1-19(7-10-11(15)3-2-4-12(10)16)13-9-5-6-20-14(9)18-8-17-13/h2-6,8H,7H2,1H3. The fourth-order valence-corrected chi connectivity index (χ4v) is 3.03. The van der Waals surface area contributed by atoms with Crippen LogP contribution in [0.25, 0.3) is 10.2 Å². The van der Waals surface area contributed by atoms with Gasteiger partial charge < -0.3 is 4.90 Å². The average molecular weight is 308 g/mol. The van der Waals surface area contributed by atoms with E-state index in [2.05, 4.69) is 9.97 Å². The third-order valence-corrected chi connectivity index (χ3v) is 4.23. The van der Waals surface area contributed by atoms with E-state index in [9.17, 15) is 4.39 Å². The van der Waals surface area contributed by atoms with Gasteiger partial charge in [0.15, 0.2) is 0 Å². The molecule has 0 radical (unpaired) electrons. The Morgan fingerprint density at radius 1 is 1.30 bits per heavy atom. The van der Waals surface area contributed by atoms with E-state index in [-0.39, 0.29) is 5.82 Å². The number of hydrogen-bond acceptors (Lipinski definition) is 4. The predicted octanol–water partition coefficient (Wildman–Crippen LogP) is 4.12. The van der Waals surface area contributed by atoms with E-state index in [1.165, 1.54) is 12.4 Å². The second-order valence-corrected chi connectivity index (χ2v) is 5.69. The second-order valence-electron chi connectivity index (χ2n) is 4.39. The van der Waals surface area contributed by atoms with Crippen LogP contribution in [0, 0.1) is 5.82 Å². The highest BCUT2D eigenvalue weighted by atomic mass is 35.5. The monoisotopic (exact) mass is 307 g/mol. The molecule has 0 saturated heterocycles. The molecule has 0 unspecified atom stereocenters. The number of thiophene rings is 1. The van der Waals surface area contributed by atoms with Gasteiger partial charge in [-0.15, -0.1) is 11.3 Å². The van der Waals surface area contributed by atoms with Crippen molar-refractivity contribution in [1.82, 2.24) is 9.97 Å². The highest BCUT2D eigenvalue weighted by molar-refractivity contribution is 7.16. The van der Waals surface area contributed by atoms with Crippen LogP contribution in [0.1, 0.15) is 5.56 Å². The topological polar surface area (TPSA) is 29.0 Å². The maximum atomic E-state index is 13.8. The smallest absolute Gasteiger partial charge is 0.140 e. The molecule has 0 fully saturated rings. The fourth-order valence-electron chi connectivity index (χ4n) is 2.08. The Hall–Kier alpha value is -1.72. The number of hydrogen-bond donors (Lipinski definition) is 0. The SMILES string of the molecule is CN(Cc1c(F)cccc1Cl)c1ncnc2sccc12. The molecule has 3 aromatic rings. The molecule has 0 aliphatic carbocycles. The summed E-state index contributed by atoms with van der Waals surface area (Å²) in [4.78, 5) is 11.3. The number of benzene rings is 1. The third kappa shape index (κ3) is 2.34. The summed E-state index contributed by atoms with van der Waals surface area (Å²) >= 11 is 7.61. The average Bonchev–Trinajstić information content (AvgIpc) is 2.91. The van der Waals surface area contributed by atoms with Crippen LogP contribution in [0.3, 0.4) is 0 Å². The first kappa shape index (κ1) is 13.3. The molecule has 0 aliphatic rings. The lowest BCUT2D eigenvalue weighted by molar-refractivity contribution is 0.607. The van der Waals surface area contributed by atoms with Crippen molar-refractivity contribution in [2.45, 2.75) is 6.54 Å². The fraction of sp³-hybridized carbons (Fsp3) is 0.143. The lowest BCUT2D eigenvalue weighted by Crippen LogP contribution is -2.19. The Balaban J connectivity index is 1.97. The quantitative estimate of drug-likeness (QED) is 0.729. The lowest BCUT2D eigenvalue weighted by atomic mass is 10.2. The van der Waals surface area contributed by atoms with Crippen molar-refractivity contribution < 1.29 is 4.39 Å². The molecule has 0 bridgehead atoms. The molecule has 3 rings (SSSR count). The van der Waals surface area contributed by atoms with Gasteiger partial charge in [0.05, 0.1) is 5.39 Å². The minimum absolute atomic E-state index is 0.306. The molecule has 0 amide bonds. The van der Waals surface area contributed by atoms with Gasteiger partial charge >= 0.3 is 0 Å². The van der Waals surface area contributed by atoms with E-state index in [1.54, 1.807) is 23.5 Å². The summed E-state index contributed by atoms with van der Waals surface area (Å²) < 4.78 is 13.8. The molecule has 20 heavy (non-hydrogen) atoms. The van der Waals surface area contributed by atoms with Gasteiger partial charge in [0.1, 0.15) is 22.8 Å². The Bertz CT molecular complexity index is 739. The Morgan fingerprint density at radius 3 is 2.95 bits per heavy atom. The maximum Gasteiger partial charge on any atom is 0.140 e. The number of halogens is 2. The zero-order chi connectivity index (χ0) is 14.1. The summed E-state index contributed by atoms with van der Waals surface area (Å²) in [7, 11) is 1.86. The van der Waals surface area contributed by atoms with Crippen molar-refractivity contribution in [1.29, 1.82) is 0 Å². The largest absolute Gasteiger partial charge is 0.355 e. The first-order valence-electron chi connectivity index (χ1n) is 5.99. The van der Waals surface area contributed by atoms with E-state index in [0.717, 1.165) is 16.0 Å². The summed E-state index contributed by atoms with van der Waals surface area (Å²) in [5, 5.41) is 3.35. The van der Waals surface area contributed by atoms with Crippen LogP contribution < -0.4 is 4.90 Å². The van der Waals surface area contributed by atoms with Crippen LogP contribution in [0.2, 0.25) is 5.02 Å². The van der Waals surface area contributed by atoms with Crippen molar-refractivity contribution in [3.05, 3.63) is 52.4 Å².